The molecule has 1 N–H and O–H groups in total. The van der Waals surface area contributed by atoms with Gasteiger partial charge in [-0.25, -0.2) is 0 Å². The monoisotopic (exact) mass is 474 g/mol. The normalized spacial score (nSPS) is 32.3. The second-order valence-electron chi connectivity index (χ2n) is 10.1. The number of hydrogen-bond donors (Lipinski definition) is 1. The Morgan fingerprint density at radius 3 is 1.88 bits per heavy atom. The Bertz CT molecular complexity index is 472. The molecule has 0 bridgehead atoms. The highest BCUT2D eigenvalue weighted by molar-refractivity contribution is 9.10. The largest absolute Gasteiger partial charge is 0.414 e. The molecular weight excluding hydrogens is 440 g/mol. The van der Waals surface area contributed by atoms with Crippen molar-refractivity contribution in [1.29, 1.82) is 0 Å². The van der Waals surface area contributed by atoms with Crippen molar-refractivity contribution >= 4 is 44.2 Å². The molecule has 0 aromatic rings. The number of hydrogen-bond acceptors (Lipinski definition) is 4. The first-order valence-corrected chi connectivity index (χ1v) is 15.8. The molecule has 1 saturated heterocycles. The molecule has 1 aliphatic heterocycles. The molecule has 0 radical (unpaired) electrons. The van der Waals surface area contributed by atoms with E-state index in [1.54, 1.807) is 0 Å². The molecule has 0 saturated carbocycles. The Morgan fingerprint density at radius 2 is 1.48 bits per heavy atom. The van der Waals surface area contributed by atoms with Gasteiger partial charge in [-0.05, 0) is 36.3 Å². The van der Waals surface area contributed by atoms with Crippen molar-refractivity contribution in [3.63, 3.8) is 0 Å². The van der Waals surface area contributed by atoms with Gasteiger partial charge >= 0.3 is 0 Å². The van der Waals surface area contributed by atoms with Gasteiger partial charge in [0, 0.05) is 0 Å². The minimum atomic E-state index is -2.09. The molecule has 25 heavy (non-hydrogen) atoms. The molecule has 1 unspecified atom stereocenters. The fourth-order valence-electron chi connectivity index (χ4n) is 2.00. The lowest BCUT2D eigenvalue weighted by molar-refractivity contribution is -0.106. The first-order valence-electron chi connectivity index (χ1n) is 8.86. The van der Waals surface area contributed by atoms with Gasteiger partial charge in [-0.2, -0.15) is 0 Å². The van der Waals surface area contributed by atoms with Crippen LogP contribution in [0.4, 0.5) is 0 Å². The Hall–Kier alpha value is 1.04. The Kier molecular flexibility index (Phi) is 7.19. The summed E-state index contributed by atoms with van der Waals surface area (Å²) < 4.78 is 17.4. The summed E-state index contributed by atoms with van der Waals surface area (Å²) in [6, 6.07) is 0. The van der Waals surface area contributed by atoms with E-state index < -0.39 is 38.9 Å². The molecule has 4 nitrogen and oxygen atoms in total. The van der Waals surface area contributed by atoms with Crippen LogP contribution in [-0.4, -0.2) is 50.6 Å². The Morgan fingerprint density at radius 1 is 1.04 bits per heavy atom. The van der Waals surface area contributed by atoms with Gasteiger partial charge in [-0.3, -0.25) is 0 Å². The number of aliphatic hydroxyl groups is 1. The van der Waals surface area contributed by atoms with Crippen LogP contribution >= 0.6 is 27.5 Å². The predicted octanol–water partition coefficient (Wildman–Crippen LogP) is 5.45. The molecule has 0 aromatic carbocycles. The van der Waals surface area contributed by atoms with Gasteiger partial charge in [0.15, 0.2) is 26.7 Å². The highest BCUT2D eigenvalue weighted by atomic mass is 79.9. The summed E-state index contributed by atoms with van der Waals surface area (Å²) in [6.45, 7) is 22.2. The van der Waals surface area contributed by atoms with Gasteiger partial charge in [0.1, 0.15) is 12.2 Å². The van der Waals surface area contributed by atoms with Crippen LogP contribution in [-0.2, 0) is 13.6 Å². The summed E-state index contributed by atoms with van der Waals surface area (Å²) in [7, 11) is -4.02. The maximum absolute atomic E-state index is 10.3. The van der Waals surface area contributed by atoms with E-state index >= 15 is 0 Å². The summed E-state index contributed by atoms with van der Waals surface area (Å²) in [5.74, 6) is 0. The SMILES string of the molecule is CC(C)(C)[Si](C)(C)OC[C@H]1OC(O)[C@](Cl)(Br)[C@@H]1O[Si](C)(C)C(C)(C)C. The highest BCUT2D eigenvalue weighted by Gasteiger charge is 2.58. The van der Waals surface area contributed by atoms with E-state index in [-0.39, 0.29) is 10.1 Å². The zero-order chi connectivity index (χ0) is 20.1. The molecule has 0 aliphatic carbocycles. The van der Waals surface area contributed by atoms with Crippen LogP contribution in [0.5, 0.6) is 0 Å². The number of ether oxygens (including phenoxy) is 1. The minimum Gasteiger partial charge on any atom is -0.414 e. The van der Waals surface area contributed by atoms with Crippen LogP contribution in [0.25, 0.3) is 0 Å². The van der Waals surface area contributed by atoms with Crippen LogP contribution in [0.3, 0.4) is 0 Å². The van der Waals surface area contributed by atoms with E-state index in [1.165, 1.54) is 0 Å². The lowest BCUT2D eigenvalue weighted by atomic mass is 10.2. The van der Waals surface area contributed by atoms with Crippen molar-refractivity contribution in [2.24, 2.45) is 0 Å². The van der Waals surface area contributed by atoms with Crippen LogP contribution in [0, 0.1) is 0 Å². The van der Waals surface area contributed by atoms with Crippen LogP contribution in [0.15, 0.2) is 0 Å². The van der Waals surface area contributed by atoms with E-state index in [4.69, 9.17) is 25.2 Å². The summed E-state index contributed by atoms with van der Waals surface area (Å²) >= 11 is 10.0. The van der Waals surface area contributed by atoms with E-state index in [0.717, 1.165) is 0 Å². The zero-order valence-corrected chi connectivity index (χ0v) is 21.7. The second kappa shape index (κ2) is 7.46. The third-order valence-electron chi connectivity index (χ3n) is 5.99. The van der Waals surface area contributed by atoms with Crippen molar-refractivity contribution in [3.8, 4) is 0 Å². The molecule has 1 fully saturated rings. The van der Waals surface area contributed by atoms with Crippen LogP contribution < -0.4 is 0 Å². The van der Waals surface area contributed by atoms with Gasteiger partial charge in [-0.1, -0.05) is 69.1 Å². The second-order valence-corrected chi connectivity index (χ2v) is 22.0. The molecule has 0 aromatic heterocycles. The molecule has 4 atom stereocenters. The molecule has 0 amide bonds. The van der Waals surface area contributed by atoms with E-state index in [1.807, 2.05) is 0 Å². The number of aliphatic hydroxyl groups excluding tert-OH is 1. The topological polar surface area (TPSA) is 47.9 Å². The van der Waals surface area contributed by atoms with Crippen molar-refractivity contribution in [2.75, 3.05) is 6.61 Å². The summed E-state index contributed by atoms with van der Waals surface area (Å²) in [4.78, 5) is 0. The number of alkyl halides is 2. The third-order valence-corrected chi connectivity index (χ3v) is 16.2. The molecule has 8 heteroatoms. The van der Waals surface area contributed by atoms with Gasteiger partial charge < -0.3 is 18.7 Å². The van der Waals surface area contributed by atoms with Crippen molar-refractivity contribution in [1.82, 2.24) is 0 Å². The minimum absolute atomic E-state index is 0.0331. The maximum atomic E-state index is 10.3. The van der Waals surface area contributed by atoms with Gasteiger partial charge in [0.2, 0.25) is 0 Å². The Labute approximate surface area is 169 Å². The molecule has 150 valence electrons. The number of halogens is 2. The van der Waals surface area contributed by atoms with E-state index in [2.05, 4.69) is 83.7 Å². The van der Waals surface area contributed by atoms with Crippen molar-refractivity contribution < 1.29 is 18.7 Å². The van der Waals surface area contributed by atoms with Crippen LogP contribution in [0.1, 0.15) is 41.5 Å². The van der Waals surface area contributed by atoms with E-state index in [9.17, 15) is 5.11 Å². The average Bonchev–Trinajstić information content (AvgIpc) is 2.57. The summed E-state index contributed by atoms with van der Waals surface area (Å²) in [5.41, 5.74) is 0. The van der Waals surface area contributed by atoms with Gasteiger partial charge in [-0.15, -0.1) is 0 Å². The fourth-order valence-corrected chi connectivity index (χ4v) is 5.32. The quantitative estimate of drug-likeness (QED) is 0.424. The van der Waals surface area contributed by atoms with Crippen LogP contribution in [0.2, 0.25) is 36.3 Å². The highest BCUT2D eigenvalue weighted by Crippen LogP contribution is 2.47. The summed E-state index contributed by atoms with van der Waals surface area (Å²) in [6.07, 6.45) is -2.03. The smallest absolute Gasteiger partial charge is 0.192 e. The van der Waals surface area contributed by atoms with Crippen molar-refractivity contribution in [3.05, 3.63) is 0 Å². The lowest BCUT2D eigenvalue weighted by Crippen LogP contribution is -2.52. The fraction of sp³-hybridized carbons (Fsp3) is 1.00. The van der Waals surface area contributed by atoms with Crippen molar-refractivity contribution in [2.45, 2.75) is 100 Å². The zero-order valence-electron chi connectivity index (χ0n) is 17.4. The molecule has 1 rings (SSSR count). The molecule has 0 spiro atoms. The first-order chi connectivity index (χ1) is 10.8. The van der Waals surface area contributed by atoms with Gasteiger partial charge in [0.05, 0.1) is 6.61 Å². The molecule has 1 heterocycles. The van der Waals surface area contributed by atoms with E-state index in [0.29, 0.717) is 6.61 Å². The predicted molar refractivity (Wildman–Crippen MR) is 114 cm³/mol. The third kappa shape index (κ3) is 5.31. The maximum Gasteiger partial charge on any atom is 0.192 e. The molecular formula is C17H36BrClO4Si2. The standard InChI is InChI=1S/C17H36BrClO4Si2/c1-15(2,3)24(7,8)21-11-12-13(17(18,19)14(20)22-12)23-25(9,10)16(4,5)6/h12-14,20H,11H2,1-10H3/t12-,13-,14?,17+/m1/s1. The molecule has 1 aliphatic rings. The average molecular weight is 476 g/mol. The number of rotatable bonds is 5. The Balaban J connectivity index is 2.98. The summed E-state index contributed by atoms with van der Waals surface area (Å²) in [5, 5.41) is 10.4. The lowest BCUT2D eigenvalue weighted by Gasteiger charge is -2.42. The first kappa shape index (κ1) is 24.1. The van der Waals surface area contributed by atoms with Gasteiger partial charge in [0.25, 0.3) is 0 Å².